The number of aromatic nitrogens is 1. The van der Waals surface area contributed by atoms with Gasteiger partial charge in [-0.05, 0) is 48.5 Å². The van der Waals surface area contributed by atoms with Crippen LogP contribution in [0.3, 0.4) is 0 Å². The quantitative estimate of drug-likeness (QED) is 0.555. The highest BCUT2D eigenvalue weighted by Gasteiger charge is 2.42. The van der Waals surface area contributed by atoms with Gasteiger partial charge in [-0.15, -0.1) is 0 Å². The molecule has 176 valence electrons. The highest BCUT2D eigenvalue weighted by atomic mass is 35.5. The first-order valence-corrected chi connectivity index (χ1v) is 11.3. The standard InChI is InChI=1S/C26H26ClN3O4/c1-33-20-9-10-24(34-2)21(13-20)22-15-30(26(32)17-6-5-7-18(27)12-17)16-23(22)25(31)29-14-19-8-3-4-11-28-19/h3-13,22-23H,14-16H2,1-2H3,(H,29,31). The Hall–Kier alpha value is -3.58. The summed E-state index contributed by atoms with van der Waals surface area (Å²) in [6, 6.07) is 17.9. The molecule has 4 rings (SSSR count). The van der Waals surface area contributed by atoms with E-state index in [2.05, 4.69) is 10.3 Å². The molecule has 2 atom stereocenters. The van der Waals surface area contributed by atoms with Gasteiger partial charge < -0.3 is 19.7 Å². The number of carbonyl (C=O) groups is 2. The third-order valence-corrected chi connectivity index (χ3v) is 6.26. The zero-order valence-electron chi connectivity index (χ0n) is 19.0. The lowest BCUT2D eigenvalue weighted by atomic mass is 9.87. The molecule has 1 aromatic heterocycles. The van der Waals surface area contributed by atoms with Gasteiger partial charge in [0.2, 0.25) is 5.91 Å². The van der Waals surface area contributed by atoms with E-state index in [1.807, 2.05) is 36.4 Å². The van der Waals surface area contributed by atoms with Crippen LogP contribution >= 0.6 is 11.6 Å². The predicted octanol–water partition coefficient (Wildman–Crippen LogP) is 3.92. The van der Waals surface area contributed by atoms with E-state index in [0.29, 0.717) is 35.2 Å². The van der Waals surface area contributed by atoms with Crippen LogP contribution in [0.25, 0.3) is 0 Å². The van der Waals surface area contributed by atoms with Gasteiger partial charge in [0, 0.05) is 41.4 Å². The molecule has 2 aromatic carbocycles. The number of ether oxygens (including phenoxy) is 2. The molecule has 0 radical (unpaired) electrons. The number of hydrogen-bond donors (Lipinski definition) is 1. The minimum absolute atomic E-state index is 0.151. The summed E-state index contributed by atoms with van der Waals surface area (Å²) in [7, 11) is 3.18. The number of amides is 2. The highest BCUT2D eigenvalue weighted by Crippen LogP contribution is 2.40. The maximum atomic E-state index is 13.3. The van der Waals surface area contributed by atoms with Crippen LogP contribution < -0.4 is 14.8 Å². The highest BCUT2D eigenvalue weighted by molar-refractivity contribution is 6.30. The molecule has 1 saturated heterocycles. The molecule has 0 saturated carbocycles. The zero-order valence-corrected chi connectivity index (χ0v) is 19.8. The van der Waals surface area contributed by atoms with Gasteiger partial charge in [0.15, 0.2) is 0 Å². The van der Waals surface area contributed by atoms with E-state index in [9.17, 15) is 9.59 Å². The summed E-state index contributed by atoms with van der Waals surface area (Å²) in [6.07, 6.45) is 1.69. The molecule has 1 aliphatic rings. The number of pyridine rings is 1. The molecule has 34 heavy (non-hydrogen) atoms. The molecule has 2 amide bonds. The molecule has 0 bridgehead atoms. The van der Waals surface area contributed by atoms with Gasteiger partial charge in [-0.2, -0.15) is 0 Å². The van der Waals surface area contributed by atoms with E-state index >= 15 is 0 Å². The molecule has 0 spiro atoms. The zero-order chi connectivity index (χ0) is 24.1. The van der Waals surface area contributed by atoms with Crippen molar-refractivity contribution >= 4 is 23.4 Å². The smallest absolute Gasteiger partial charge is 0.253 e. The molecule has 2 heterocycles. The summed E-state index contributed by atoms with van der Waals surface area (Å²) in [6.45, 7) is 0.932. The molecule has 0 aliphatic carbocycles. The Morgan fingerprint density at radius 3 is 2.62 bits per heavy atom. The van der Waals surface area contributed by atoms with Crippen molar-refractivity contribution in [3.63, 3.8) is 0 Å². The van der Waals surface area contributed by atoms with Crippen LogP contribution in [-0.2, 0) is 11.3 Å². The number of benzene rings is 2. The van der Waals surface area contributed by atoms with Crippen LogP contribution in [-0.4, -0.2) is 49.0 Å². The van der Waals surface area contributed by atoms with E-state index in [1.54, 1.807) is 49.6 Å². The molecular weight excluding hydrogens is 454 g/mol. The van der Waals surface area contributed by atoms with Crippen LogP contribution in [0.2, 0.25) is 5.02 Å². The van der Waals surface area contributed by atoms with Crippen molar-refractivity contribution in [1.29, 1.82) is 0 Å². The number of hydrogen-bond acceptors (Lipinski definition) is 5. The van der Waals surface area contributed by atoms with Crippen molar-refractivity contribution in [3.8, 4) is 11.5 Å². The van der Waals surface area contributed by atoms with Crippen molar-refractivity contribution in [1.82, 2.24) is 15.2 Å². The SMILES string of the molecule is COc1ccc(OC)c(C2CN(C(=O)c3cccc(Cl)c3)CC2C(=O)NCc2ccccn2)c1. The van der Waals surface area contributed by atoms with Gasteiger partial charge in [0.05, 0.1) is 32.4 Å². The monoisotopic (exact) mass is 479 g/mol. The van der Waals surface area contributed by atoms with Crippen LogP contribution in [0.15, 0.2) is 66.9 Å². The van der Waals surface area contributed by atoms with Crippen LogP contribution in [0.4, 0.5) is 0 Å². The normalized spacial score (nSPS) is 17.3. The summed E-state index contributed by atoms with van der Waals surface area (Å²) >= 11 is 6.10. The van der Waals surface area contributed by atoms with E-state index in [4.69, 9.17) is 21.1 Å². The van der Waals surface area contributed by atoms with Crippen LogP contribution in [0.1, 0.15) is 27.5 Å². The summed E-state index contributed by atoms with van der Waals surface area (Å²) < 4.78 is 11.0. The Labute approximate surface area is 203 Å². The van der Waals surface area contributed by atoms with Gasteiger partial charge in [-0.1, -0.05) is 23.7 Å². The second-order valence-corrected chi connectivity index (χ2v) is 8.52. The van der Waals surface area contributed by atoms with Crippen molar-refractivity contribution in [2.45, 2.75) is 12.5 Å². The molecule has 1 fully saturated rings. The average Bonchev–Trinajstić information content (AvgIpc) is 3.32. The number of nitrogens with zero attached hydrogens (tertiary/aromatic N) is 2. The molecule has 7 nitrogen and oxygen atoms in total. The Morgan fingerprint density at radius 2 is 1.91 bits per heavy atom. The minimum Gasteiger partial charge on any atom is -0.497 e. The first-order valence-electron chi connectivity index (χ1n) is 10.9. The molecule has 3 aromatic rings. The summed E-state index contributed by atoms with van der Waals surface area (Å²) in [4.78, 5) is 32.6. The lowest BCUT2D eigenvalue weighted by Crippen LogP contribution is -2.35. The van der Waals surface area contributed by atoms with Gasteiger partial charge in [0.1, 0.15) is 11.5 Å². The van der Waals surface area contributed by atoms with E-state index < -0.39 is 5.92 Å². The third-order valence-electron chi connectivity index (χ3n) is 6.02. The van der Waals surface area contributed by atoms with Crippen molar-refractivity contribution in [3.05, 3.63) is 88.7 Å². The summed E-state index contributed by atoms with van der Waals surface area (Å²) in [5.41, 5.74) is 2.07. The summed E-state index contributed by atoms with van der Waals surface area (Å²) in [5, 5.41) is 3.47. The average molecular weight is 480 g/mol. The number of carbonyl (C=O) groups excluding carboxylic acids is 2. The fourth-order valence-corrected chi connectivity index (χ4v) is 4.49. The maximum absolute atomic E-state index is 13.3. The van der Waals surface area contributed by atoms with E-state index in [1.165, 1.54) is 0 Å². The van der Waals surface area contributed by atoms with Crippen molar-refractivity contribution in [2.75, 3.05) is 27.3 Å². The number of halogens is 1. The van der Waals surface area contributed by atoms with E-state index in [0.717, 1.165) is 11.3 Å². The Morgan fingerprint density at radius 1 is 1.06 bits per heavy atom. The molecule has 2 unspecified atom stereocenters. The second kappa shape index (κ2) is 10.6. The largest absolute Gasteiger partial charge is 0.497 e. The number of nitrogens with one attached hydrogen (secondary N) is 1. The Bertz CT molecular complexity index is 1170. The van der Waals surface area contributed by atoms with Crippen LogP contribution in [0.5, 0.6) is 11.5 Å². The lowest BCUT2D eigenvalue weighted by Gasteiger charge is -2.21. The first kappa shape index (κ1) is 23.6. The number of methoxy groups -OCH3 is 2. The second-order valence-electron chi connectivity index (χ2n) is 8.08. The fraction of sp³-hybridized carbons (Fsp3) is 0.269. The third kappa shape index (κ3) is 5.15. The maximum Gasteiger partial charge on any atom is 0.253 e. The topological polar surface area (TPSA) is 80.8 Å². The van der Waals surface area contributed by atoms with E-state index in [-0.39, 0.29) is 24.3 Å². The van der Waals surface area contributed by atoms with Gasteiger partial charge >= 0.3 is 0 Å². The molecule has 1 N–H and O–H groups in total. The number of likely N-dealkylation sites (tertiary alicyclic amines) is 1. The predicted molar refractivity (Wildman–Crippen MR) is 129 cm³/mol. The number of rotatable bonds is 7. The summed E-state index contributed by atoms with van der Waals surface area (Å²) in [5.74, 6) is 0.217. The van der Waals surface area contributed by atoms with Gasteiger partial charge in [-0.3, -0.25) is 14.6 Å². The van der Waals surface area contributed by atoms with Crippen molar-refractivity contribution in [2.24, 2.45) is 5.92 Å². The van der Waals surface area contributed by atoms with Gasteiger partial charge in [-0.25, -0.2) is 0 Å². The Balaban J connectivity index is 1.63. The molecule has 1 aliphatic heterocycles. The first-order chi connectivity index (χ1) is 16.5. The lowest BCUT2D eigenvalue weighted by molar-refractivity contribution is -0.125. The van der Waals surface area contributed by atoms with Gasteiger partial charge in [0.25, 0.3) is 5.91 Å². The minimum atomic E-state index is -0.479. The molecular formula is C26H26ClN3O4. The van der Waals surface area contributed by atoms with Crippen LogP contribution in [0, 0.1) is 5.92 Å². The Kier molecular flexibility index (Phi) is 7.33. The fourth-order valence-electron chi connectivity index (χ4n) is 4.30. The van der Waals surface area contributed by atoms with Crippen molar-refractivity contribution < 1.29 is 19.1 Å². The molecule has 8 heteroatoms.